The first-order chi connectivity index (χ1) is 15.4. The SMILES string of the molecule is CCCC(=O)N1CCc2nc(N)c(C#N)c(-c3cc(OC)c(OC)cc3F)c2C1.O=CO. The van der Waals surface area contributed by atoms with E-state index in [4.69, 9.17) is 25.1 Å². The van der Waals surface area contributed by atoms with Gasteiger partial charge in [0.05, 0.1) is 19.9 Å². The van der Waals surface area contributed by atoms with Crippen molar-refractivity contribution in [3.8, 4) is 28.7 Å². The minimum absolute atomic E-state index is 0.0206. The molecule has 2 aromatic rings. The number of ether oxygens (including phenoxy) is 2. The number of nitrogen functional groups attached to an aromatic ring is 1. The predicted molar refractivity (Wildman–Crippen MR) is 115 cm³/mol. The summed E-state index contributed by atoms with van der Waals surface area (Å²) in [4.78, 5) is 26.9. The van der Waals surface area contributed by atoms with E-state index in [1.54, 1.807) is 4.90 Å². The molecule has 1 aromatic heterocycles. The summed E-state index contributed by atoms with van der Waals surface area (Å²) in [5.74, 6) is 0.0505. The summed E-state index contributed by atoms with van der Waals surface area (Å²) in [6, 6.07) is 4.74. The number of hydrogen-bond donors (Lipinski definition) is 2. The number of fused-ring (bicyclic) bond motifs is 1. The van der Waals surface area contributed by atoms with Gasteiger partial charge >= 0.3 is 0 Å². The molecule has 9 nitrogen and oxygen atoms in total. The van der Waals surface area contributed by atoms with Gasteiger partial charge in [0.25, 0.3) is 6.47 Å². The van der Waals surface area contributed by atoms with E-state index >= 15 is 4.39 Å². The number of benzene rings is 1. The van der Waals surface area contributed by atoms with Crippen LogP contribution >= 0.6 is 0 Å². The summed E-state index contributed by atoms with van der Waals surface area (Å²) in [6.07, 6.45) is 1.66. The highest BCUT2D eigenvalue weighted by atomic mass is 19.1. The van der Waals surface area contributed by atoms with Gasteiger partial charge in [-0.3, -0.25) is 9.59 Å². The smallest absolute Gasteiger partial charge is 0.290 e. The maximum atomic E-state index is 15.0. The van der Waals surface area contributed by atoms with Gasteiger partial charge in [-0.05, 0) is 12.5 Å². The Labute approximate surface area is 185 Å². The average molecular weight is 444 g/mol. The van der Waals surface area contributed by atoms with Crippen molar-refractivity contribution in [3.05, 3.63) is 34.8 Å². The largest absolute Gasteiger partial charge is 0.493 e. The number of nitrogens with zero attached hydrogens (tertiary/aromatic N) is 3. The van der Waals surface area contributed by atoms with Gasteiger partial charge in [-0.2, -0.15) is 5.26 Å². The molecule has 0 saturated heterocycles. The van der Waals surface area contributed by atoms with Crippen LogP contribution in [0.1, 0.15) is 36.6 Å². The fourth-order valence-electron chi connectivity index (χ4n) is 3.62. The first-order valence-electron chi connectivity index (χ1n) is 9.85. The van der Waals surface area contributed by atoms with Crippen LogP contribution in [0, 0.1) is 17.1 Å². The quantitative estimate of drug-likeness (QED) is 0.671. The molecule has 2 heterocycles. The molecule has 0 saturated carbocycles. The van der Waals surface area contributed by atoms with Crippen molar-refractivity contribution >= 4 is 18.2 Å². The van der Waals surface area contributed by atoms with Crippen LogP contribution in [-0.4, -0.2) is 48.1 Å². The van der Waals surface area contributed by atoms with Crippen LogP contribution in [0.3, 0.4) is 0 Å². The summed E-state index contributed by atoms with van der Waals surface area (Å²) < 4.78 is 25.5. The molecule has 10 heteroatoms. The summed E-state index contributed by atoms with van der Waals surface area (Å²) in [5.41, 5.74) is 7.92. The lowest BCUT2D eigenvalue weighted by Crippen LogP contribution is -2.36. The predicted octanol–water partition coefficient (Wildman–Crippen LogP) is 2.74. The van der Waals surface area contributed by atoms with Crippen LogP contribution in [0.2, 0.25) is 0 Å². The molecule has 0 atom stereocenters. The Balaban J connectivity index is 0.00000114. The molecule has 1 aliphatic heterocycles. The Kier molecular flexibility index (Phi) is 8.35. The second-order valence-corrected chi connectivity index (χ2v) is 6.89. The van der Waals surface area contributed by atoms with Gasteiger partial charge in [-0.25, -0.2) is 9.37 Å². The normalized spacial score (nSPS) is 12.0. The number of carbonyl (C=O) groups is 2. The molecule has 3 N–H and O–H groups in total. The third-order valence-electron chi connectivity index (χ3n) is 5.05. The van der Waals surface area contributed by atoms with Gasteiger partial charge < -0.3 is 25.2 Å². The topological polar surface area (TPSA) is 139 Å². The number of carboxylic acid groups (broad SMARTS) is 1. The van der Waals surface area contributed by atoms with Crippen LogP contribution in [-0.2, 0) is 22.6 Å². The third kappa shape index (κ3) is 4.88. The highest BCUT2D eigenvalue weighted by Crippen LogP contribution is 2.40. The lowest BCUT2D eigenvalue weighted by atomic mass is 9.90. The maximum absolute atomic E-state index is 15.0. The van der Waals surface area contributed by atoms with Crippen LogP contribution < -0.4 is 15.2 Å². The standard InChI is InChI=1S/C21H23FN4O3.CH2O2/c1-4-5-19(27)26-7-6-16-14(11-26)20(13(10-23)21(24)25-16)12-8-17(28-2)18(29-3)9-15(12)22;2-1-3/h8-9H,4-7,11H2,1-3H3,(H2,24,25);1H,(H,2,3). The van der Waals surface area contributed by atoms with E-state index in [1.165, 1.54) is 26.4 Å². The Bertz CT molecular complexity index is 1050. The van der Waals surface area contributed by atoms with Crippen LogP contribution in [0.25, 0.3) is 11.1 Å². The third-order valence-corrected chi connectivity index (χ3v) is 5.05. The van der Waals surface area contributed by atoms with Crippen LogP contribution in [0.5, 0.6) is 11.5 Å². The molecule has 0 spiro atoms. The zero-order valence-electron chi connectivity index (χ0n) is 18.1. The van der Waals surface area contributed by atoms with E-state index < -0.39 is 5.82 Å². The summed E-state index contributed by atoms with van der Waals surface area (Å²) >= 11 is 0. The number of aromatic nitrogens is 1. The van der Waals surface area contributed by atoms with Gasteiger partial charge in [0.2, 0.25) is 5.91 Å². The molecule has 32 heavy (non-hydrogen) atoms. The van der Waals surface area contributed by atoms with Gasteiger partial charge in [0, 0.05) is 48.7 Å². The molecule has 0 fully saturated rings. The molecule has 0 unspecified atom stereocenters. The lowest BCUT2D eigenvalue weighted by molar-refractivity contribution is -0.132. The molecular formula is C22H25FN4O5. The molecule has 3 rings (SSSR count). The van der Waals surface area contributed by atoms with E-state index in [2.05, 4.69) is 4.98 Å². The van der Waals surface area contributed by atoms with Crippen molar-refractivity contribution < 1.29 is 28.6 Å². The van der Waals surface area contributed by atoms with Crippen molar-refractivity contribution in [1.29, 1.82) is 5.26 Å². The number of anilines is 1. The molecule has 0 aliphatic carbocycles. The number of methoxy groups -OCH3 is 2. The number of pyridine rings is 1. The summed E-state index contributed by atoms with van der Waals surface area (Å²) in [7, 11) is 2.87. The van der Waals surface area contributed by atoms with Crippen molar-refractivity contribution in [2.45, 2.75) is 32.7 Å². The fraction of sp³-hybridized carbons (Fsp3) is 0.364. The maximum Gasteiger partial charge on any atom is 0.290 e. The average Bonchev–Trinajstić information content (AvgIpc) is 2.78. The first kappa shape index (κ1) is 24.4. The molecular weight excluding hydrogens is 419 g/mol. The second-order valence-electron chi connectivity index (χ2n) is 6.89. The zero-order valence-corrected chi connectivity index (χ0v) is 18.1. The molecule has 1 aromatic carbocycles. The fourth-order valence-corrected chi connectivity index (χ4v) is 3.62. The number of rotatable bonds is 5. The van der Waals surface area contributed by atoms with Crippen molar-refractivity contribution in [2.24, 2.45) is 0 Å². The molecule has 0 radical (unpaired) electrons. The zero-order chi connectivity index (χ0) is 23.8. The highest BCUT2D eigenvalue weighted by molar-refractivity contribution is 5.82. The van der Waals surface area contributed by atoms with Crippen molar-refractivity contribution in [3.63, 3.8) is 0 Å². The highest BCUT2D eigenvalue weighted by Gasteiger charge is 2.29. The van der Waals surface area contributed by atoms with E-state index in [-0.39, 0.29) is 41.6 Å². The van der Waals surface area contributed by atoms with E-state index in [9.17, 15) is 10.1 Å². The monoisotopic (exact) mass is 444 g/mol. The number of hydrogen-bond acceptors (Lipinski definition) is 7. The van der Waals surface area contributed by atoms with E-state index in [1.807, 2.05) is 13.0 Å². The minimum atomic E-state index is -0.580. The van der Waals surface area contributed by atoms with Crippen LogP contribution in [0.15, 0.2) is 12.1 Å². The number of nitriles is 1. The van der Waals surface area contributed by atoms with Gasteiger partial charge in [-0.1, -0.05) is 6.92 Å². The number of halogens is 1. The van der Waals surface area contributed by atoms with Gasteiger partial charge in [0.1, 0.15) is 23.3 Å². The minimum Gasteiger partial charge on any atom is -0.493 e. The Morgan fingerprint density at radius 2 is 2.00 bits per heavy atom. The van der Waals surface area contributed by atoms with Gasteiger partial charge in [0.15, 0.2) is 11.5 Å². The first-order valence-corrected chi connectivity index (χ1v) is 9.85. The van der Waals surface area contributed by atoms with Crippen molar-refractivity contribution in [1.82, 2.24) is 9.88 Å². The molecule has 1 aliphatic rings. The van der Waals surface area contributed by atoms with Gasteiger partial charge in [-0.15, -0.1) is 0 Å². The number of nitrogens with two attached hydrogens (primary N) is 1. The Morgan fingerprint density at radius 1 is 1.38 bits per heavy atom. The van der Waals surface area contributed by atoms with Crippen molar-refractivity contribution in [2.75, 3.05) is 26.5 Å². The number of carbonyl (C=O) groups excluding carboxylic acids is 1. The number of amides is 1. The molecule has 170 valence electrons. The Hall–Kier alpha value is -3.87. The van der Waals surface area contributed by atoms with Crippen LogP contribution in [0.4, 0.5) is 10.2 Å². The second kappa shape index (κ2) is 10.9. The molecule has 0 bridgehead atoms. The summed E-state index contributed by atoms with van der Waals surface area (Å²) in [5, 5.41) is 16.6. The molecule has 1 amide bonds. The lowest BCUT2D eigenvalue weighted by Gasteiger charge is -2.30. The van der Waals surface area contributed by atoms with E-state index in [0.29, 0.717) is 42.0 Å². The van der Waals surface area contributed by atoms with E-state index in [0.717, 1.165) is 6.42 Å². The Morgan fingerprint density at radius 3 is 2.56 bits per heavy atom. The summed E-state index contributed by atoms with van der Waals surface area (Å²) in [6.45, 7) is 2.45.